The van der Waals surface area contributed by atoms with E-state index in [2.05, 4.69) is 24.0 Å². The summed E-state index contributed by atoms with van der Waals surface area (Å²) in [5.41, 5.74) is 1.52. The van der Waals surface area contributed by atoms with Crippen LogP contribution < -0.4 is 5.56 Å². The first-order valence-electron chi connectivity index (χ1n) is 6.71. The second kappa shape index (κ2) is 5.36. The van der Waals surface area contributed by atoms with Crippen molar-refractivity contribution in [2.45, 2.75) is 39.7 Å². The number of rotatable bonds is 3. The van der Waals surface area contributed by atoms with Crippen LogP contribution in [-0.4, -0.2) is 19.3 Å². The van der Waals surface area contributed by atoms with E-state index in [1.165, 1.54) is 0 Å². The molecule has 6 heteroatoms. The van der Waals surface area contributed by atoms with Crippen molar-refractivity contribution >= 4 is 12.2 Å². The van der Waals surface area contributed by atoms with E-state index in [-0.39, 0.29) is 11.6 Å². The zero-order valence-electron chi connectivity index (χ0n) is 12.5. The van der Waals surface area contributed by atoms with Crippen LogP contribution in [-0.2, 0) is 7.05 Å². The third-order valence-electron chi connectivity index (χ3n) is 3.40. The van der Waals surface area contributed by atoms with Crippen molar-refractivity contribution in [1.82, 2.24) is 19.3 Å². The number of nitrogens with zero attached hydrogens (tertiary/aromatic N) is 3. The molecule has 2 rings (SSSR count). The van der Waals surface area contributed by atoms with Crippen molar-refractivity contribution in [3.8, 4) is 11.4 Å². The van der Waals surface area contributed by atoms with Gasteiger partial charge in [-0.3, -0.25) is 14.5 Å². The molecule has 0 atom stereocenters. The molecule has 0 aliphatic carbocycles. The second-order valence-electron chi connectivity index (χ2n) is 5.51. The van der Waals surface area contributed by atoms with Crippen LogP contribution in [0.5, 0.6) is 0 Å². The number of nitrogens with one attached hydrogen (secondary N) is 1. The van der Waals surface area contributed by atoms with Crippen molar-refractivity contribution in [2.24, 2.45) is 7.05 Å². The molecule has 0 spiro atoms. The van der Waals surface area contributed by atoms with Crippen LogP contribution in [0.2, 0.25) is 0 Å². The van der Waals surface area contributed by atoms with Crippen LogP contribution in [0.3, 0.4) is 0 Å². The van der Waals surface area contributed by atoms with Crippen LogP contribution in [0.1, 0.15) is 45.3 Å². The summed E-state index contributed by atoms with van der Waals surface area (Å²) in [6.45, 7) is 8.17. The van der Waals surface area contributed by atoms with Crippen LogP contribution in [0, 0.1) is 4.77 Å². The largest absolute Gasteiger partial charge is 0.315 e. The lowest BCUT2D eigenvalue weighted by Gasteiger charge is -2.14. The molecule has 20 heavy (non-hydrogen) atoms. The summed E-state index contributed by atoms with van der Waals surface area (Å²) in [5, 5.41) is 6.98. The number of hydrogen-bond donors (Lipinski definition) is 1. The second-order valence-corrected chi connectivity index (χ2v) is 5.89. The molecule has 0 aromatic carbocycles. The molecule has 0 radical (unpaired) electrons. The van der Waals surface area contributed by atoms with Gasteiger partial charge >= 0.3 is 0 Å². The van der Waals surface area contributed by atoms with Crippen molar-refractivity contribution in [2.75, 3.05) is 0 Å². The molecule has 1 N–H and O–H groups in total. The highest BCUT2D eigenvalue weighted by Crippen LogP contribution is 2.20. The van der Waals surface area contributed by atoms with E-state index in [0.717, 1.165) is 5.69 Å². The molecule has 0 bridgehead atoms. The van der Waals surface area contributed by atoms with Gasteiger partial charge in [-0.25, -0.2) is 0 Å². The van der Waals surface area contributed by atoms with Crippen molar-refractivity contribution in [1.29, 1.82) is 0 Å². The van der Waals surface area contributed by atoms with E-state index in [4.69, 9.17) is 12.2 Å². The van der Waals surface area contributed by atoms with Crippen LogP contribution in [0.15, 0.2) is 16.9 Å². The Morgan fingerprint density at radius 1 is 1.25 bits per heavy atom. The van der Waals surface area contributed by atoms with E-state index in [9.17, 15) is 4.79 Å². The predicted octanol–water partition coefficient (Wildman–Crippen LogP) is 3.01. The summed E-state index contributed by atoms with van der Waals surface area (Å²) in [7, 11) is 1.79. The summed E-state index contributed by atoms with van der Waals surface area (Å²) < 4.78 is 4.08. The highest BCUT2D eigenvalue weighted by atomic mass is 32.1. The van der Waals surface area contributed by atoms with Crippen LogP contribution in [0.25, 0.3) is 11.4 Å². The summed E-state index contributed by atoms with van der Waals surface area (Å²) in [6, 6.07) is 3.95. The van der Waals surface area contributed by atoms with Crippen molar-refractivity contribution < 1.29 is 0 Å². The van der Waals surface area contributed by atoms with Crippen molar-refractivity contribution in [3.05, 3.63) is 33.0 Å². The number of pyridine rings is 1. The van der Waals surface area contributed by atoms with E-state index in [1.807, 2.05) is 30.5 Å². The molecule has 0 saturated carbocycles. The maximum atomic E-state index is 12.5. The fourth-order valence-electron chi connectivity index (χ4n) is 2.37. The minimum Gasteiger partial charge on any atom is -0.315 e. The molecular formula is C14H20N4OS. The Bertz CT molecular complexity index is 736. The number of aromatic nitrogens is 4. The number of H-pyrrole nitrogens is 1. The van der Waals surface area contributed by atoms with Gasteiger partial charge in [-0.05, 0) is 44.1 Å². The molecule has 0 unspecified atom stereocenters. The quantitative estimate of drug-likeness (QED) is 0.885. The predicted molar refractivity (Wildman–Crippen MR) is 82.6 cm³/mol. The first-order valence-corrected chi connectivity index (χ1v) is 7.12. The van der Waals surface area contributed by atoms with Gasteiger partial charge in [0, 0.05) is 18.8 Å². The number of aromatic amines is 1. The Labute approximate surface area is 123 Å². The fourth-order valence-corrected chi connectivity index (χ4v) is 2.72. The summed E-state index contributed by atoms with van der Waals surface area (Å²) in [6.07, 6.45) is 0. The summed E-state index contributed by atoms with van der Waals surface area (Å²) in [5.74, 6) is 0.897. The van der Waals surface area contributed by atoms with Gasteiger partial charge < -0.3 is 4.57 Å². The summed E-state index contributed by atoms with van der Waals surface area (Å²) in [4.78, 5) is 12.5. The Kier molecular flexibility index (Phi) is 3.94. The van der Waals surface area contributed by atoms with Gasteiger partial charge in [-0.15, -0.1) is 0 Å². The average molecular weight is 292 g/mol. The molecule has 2 aromatic rings. The van der Waals surface area contributed by atoms with Gasteiger partial charge in [0.2, 0.25) is 0 Å². The monoisotopic (exact) mass is 292 g/mol. The standard InChI is InChI=1S/C14H20N4OS/c1-8(2)11-7-6-10(13(19)17(11)5)12-15-16-14(20)18(12)9(3)4/h6-9H,1-5H3,(H,16,20). The average Bonchev–Trinajstić information content (AvgIpc) is 2.74. The highest BCUT2D eigenvalue weighted by Gasteiger charge is 2.17. The Hall–Kier alpha value is -1.69. The molecule has 108 valence electrons. The Balaban J connectivity index is 2.70. The molecule has 5 nitrogen and oxygen atoms in total. The fraction of sp³-hybridized carbons (Fsp3) is 0.500. The van der Waals surface area contributed by atoms with Gasteiger partial charge in [0.1, 0.15) is 0 Å². The van der Waals surface area contributed by atoms with E-state index < -0.39 is 0 Å². The van der Waals surface area contributed by atoms with Gasteiger partial charge in [-0.2, -0.15) is 5.10 Å². The topological polar surface area (TPSA) is 55.6 Å². The first-order chi connectivity index (χ1) is 9.34. The van der Waals surface area contributed by atoms with Crippen LogP contribution in [0.4, 0.5) is 0 Å². The van der Waals surface area contributed by atoms with Crippen molar-refractivity contribution in [3.63, 3.8) is 0 Å². The normalized spacial score (nSPS) is 11.6. The lowest BCUT2D eigenvalue weighted by atomic mass is 10.1. The minimum atomic E-state index is -0.0490. The molecule has 2 heterocycles. The Morgan fingerprint density at radius 3 is 2.45 bits per heavy atom. The SMILES string of the molecule is CC(C)c1ccc(-c2n[nH]c(=S)n2C(C)C)c(=O)n1C. The number of hydrogen-bond acceptors (Lipinski definition) is 3. The lowest BCUT2D eigenvalue weighted by molar-refractivity contribution is 0.595. The lowest BCUT2D eigenvalue weighted by Crippen LogP contribution is -2.23. The third kappa shape index (κ3) is 2.35. The van der Waals surface area contributed by atoms with Gasteiger partial charge in [0.05, 0.1) is 5.56 Å². The maximum Gasteiger partial charge on any atom is 0.261 e. The van der Waals surface area contributed by atoms with Gasteiger partial charge in [0.15, 0.2) is 10.6 Å². The van der Waals surface area contributed by atoms with E-state index in [1.54, 1.807) is 11.6 Å². The third-order valence-corrected chi connectivity index (χ3v) is 3.68. The molecule has 0 aliphatic rings. The minimum absolute atomic E-state index is 0.0490. The van der Waals surface area contributed by atoms with E-state index in [0.29, 0.717) is 22.1 Å². The van der Waals surface area contributed by atoms with Gasteiger partial charge in [0.25, 0.3) is 5.56 Å². The molecule has 0 amide bonds. The highest BCUT2D eigenvalue weighted by molar-refractivity contribution is 7.71. The molecule has 0 saturated heterocycles. The maximum absolute atomic E-state index is 12.5. The zero-order chi connectivity index (χ0) is 15.0. The summed E-state index contributed by atoms with van der Waals surface area (Å²) >= 11 is 5.23. The molecular weight excluding hydrogens is 272 g/mol. The molecule has 2 aromatic heterocycles. The first kappa shape index (κ1) is 14.7. The molecule has 0 fully saturated rings. The zero-order valence-corrected chi connectivity index (χ0v) is 13.3. The van der Waals surface area contributed by atoms with E-state index >= 15 is 0 Å². The molecule has 0 aliphatic heterocycles. The van der Waals surface area contributed by atoms with Crippen LogP contribution >= 0.6 is 12.2 Å². The smallest absolute Gasteiger partial charge is 0.261 e. The Morgan fingerprint density at radius 2 is 1.90 bits per heavy atom. The van der Waals surface area contributed by atoms with Gasteiger partial charge in [-0.1, -0.05) is 13.8 Å².